The number of carboxylic acids is 1. The second-order valence-corrected chi connectivity index (χ2v) is 5.68. The first-order chi connectivity index (χ1) is 8.49. The van der Waals surface area contributed by atoms with Crippen molar-refractivity contribution in [2.75, 3.05) is 0 Å². The van der Waals surface area contributed by atoms with Crippen LogP contribution in [0.5, 0.6) is 0 Å². The van der Waals surface area contributed by atoms with Gasteiger partial charge in [-0.15, -0.1) is 22.0 Å². The van der Waals surface area contributed by atoms with Crippen LogP contribution in [0.2, 0.25) is 0 Å². The number of hydrogen-bond acceptors (Lipinski definition) is 6. The number of hydrogen-bond donors (Lipinski definition) is 1. The highest BCUT2D eigenvalue weighted by molar-refractivity contribution is 8.00. The Labute approximate surface area is 107 Å². The van der Waals surface area contributed by atoms with Crippen molar-refractivity contribution in [1.82, 2.24) is 10.2 Å². The zero-order chi connectivity index (χ0) is 13.2. The average molecular weight is 268 g/mol. The molecule has 0 radical (unpaired) electrons. The van der Waals surface area contributed by atoms with E-state index in [1.165, 1.54) is 18.0 Å². The van der Waals surface area contributed by atoms with Crippen molar-refractivity contribution in [3.63, 3.8) is 0 Å². The fourth-order valence-corrected chi connectivity index (χ4v) is 1.84. The van der Waals surface area contributed by atoms with Gasteiger partial charge in [0, 0.05) is 0 Å². The maximum atomic E-state index is 10.9. The van der Waals surface area contributed by atoms with Crippen molar-refractivity contribution < 1.29 is 18.7 Å². The second-order valence-electron chi connectivity index (χ2n) is 4.08. The van der Waals surface area contributed by atoms with Crippen LogP contribution in [0.25, 0.3) is 11.7 Å². The van der Waals surface area contributed by atoms with Crippen molar-refractivity contribution >= 4 is 17.7 Å². The van der Waals surface area contributed by atoms with E-state index in [0.717, 1.165) is 0 Å². The first-order valence-electron chi connectivity index (χ1n) is 5.22. The number of aromatic nitrogens is 2. The van der Waals surface area contributed by atoms with Crippen LogP contribution in [0, 0.1) is 0 Å². The molecule has 2 heterocycles. The van der Waals surface area contributed by atoms with Gasteiger partial charge in [0.05, 0.1) is 12.0 Å². The second kappa shape index (κ2) is 4.85. The van der Waals surface area contributed by atoms with Gasteiger partial charge in [0.15, 0.2) is 5.76 Å². The Morgan fingerprint density at radius 3 is 2.89 bits per heavy atom. The Hall–Kier alpha value is -1.76. The molecule has 0 aliphatic rings. The summed E-state index contributed by atoms with van der Waals surface area (Å²) < 4.78 is 9.60. The fourth-order valence-electron chi connectivity index (χ4n) is 1.12. The highest BCUT2D eigenvalue weighted by Crippen LogP contribution is 2.28. The third kappa shape index (κ3) is 2.73. The minimum Gasteiger partial charge on any atom is -0.480 e. The minimum atomic E-state index is -0.890. The standard InChI is InChI=1S/C11H12N2O4S/c1-11(2,10(14)15)18-6-8-12-13-9(17-8)7-4-3-5-16-7/h3-5H,6H2,1-2H3,(H,14,15). The minimum absolute atomic E-state index is 0.295. The predicted octanol–water partition coefficient (Wildman–Crippen LogP) is 2.43. The molecule has 0 fully saturated rings. The summed E-state index contributed by atoms with van der Waals surface area (Å²) >= 11 is 1.22. The highest BCUT2D eigenvalue weighted by atomic mass is 32.2. The van der Waals surface area contributed by atoms with Crippen LogP contribution in [-0.2, 0) is 10.5 Å². The number of furan rings is 1. The van der Waals surface area contributed by atoms with Gasteiger partial charge in [0.1, 0.15) is 4.75 Å². The lowest BCUT2D eigenvalue weighted by Crippen LogP contribution is -2.27. The molecule has 2 aromatic rings. The summed E-state index contributed by atoms with van der Waals surface area (Å²) in [6.07, 6.45) is 1.52. The van der Waals surface area contributed by atoms with Crippen LogP contribution < -0.4 is 0 Å². The van der Waals surface area contributed by atoms with Crippen molar-refractivity contribution in [3.8, 4) is 11.7 Å². The Morgan fingerprint density at radius 1 is 1.50 bits per heavy atom. The lowest BCUT2D eigenvalue weighted by Gasteiger charge is -2.16. The van der Waals surface area contributed by atoms with Crippen LogP contribution in [0.1, 0.15) is 19.7 Å². The monoisotopic (exact) mass is 268 g/mol. The molecule has 0 aliphatic heterocycles. The van der Waals surface area contributed by atoms with Gasteiger partial charge in [-0.05, 0) is 26.0 Å². The van der Waals surface area contributed by atoms with E-state index in [2.05, 4.69) is 10.2 Å². The Morgan fingerprint density at radius 2 is 2.28 bits per heavy atom. The van der Waals surface area contributed by atoms with Crippen LogP contribution >= 0.6 is 11.8 Å². The van der Waals surface area contributed by atoms with Crippen molar-refractivity contribution in [2.24, 2.45) is 0 Å². The number of thioether (sulfide) groups is 1. The molecule has 2 aromatic heterocycles. The van der Waals surface area contributed by atoms with Gasteiger partial charge < -0.3 is 13.9 Å². The summed E-state index contributed by atoms with van der Waals surface area (Å²) in [5, 5.41) is 16.6. The van der Waals surface area contributed by atoms with Gasteiger partial charge in [0.2, 0.25) is 5.89 Å². The molecule has 18 heavy (non-hydrogen) atoms. The van der Waals surface area contributed by atoms with Gasteiger partial charge >= 0.3 is 5.97 Å². The van der Waals surface area contributed by atoms with Crippen LogP contribution in [-0.4, -0.2) is 26.0 Å². The quantitative estimate of drug-likeness (QED) is 0.890. The first kappa shape index (κ1) is 12.7. The van der Waals surface area contributed by atoms with E-state index >= 15 is 0 Å². The third-order valence-electron chi connectivity index (χ3n) is 2.27. The molecule has 0 aromatic carbocycles. The van der Waals surface area contributed by atoms with E-state index in [-0.39, 0.29) is 0 Å². The van der Waals surface area contributed by atoms with Gasteiger partial charge in [-0.2, -0.15) is 0 Å². The van der Waals surface area contributed by atoms with Crippen molar-refractivity contribution in [2.45, 2.75) is 24.3 Å². The molecule has 96 valence electrons. The molecular formula is C11H12N2O4S. The summed E-state index contributed by atoms with van der Waals surface area (Å²) in [5.41, 5.74) is 0. The van der Waals surface area contributed by atoms with E-state index in [1.54, 1.807) is 26.0 Å². The molecule has 0 aliphatic carbocycles. The summed E-state index contributed by atoms with van der Waals surface area (Å²) in [5.74, 6) is 0.631. The molecule has 0 spiro atoms. The van der Waals surface area contributed by atoms with E-state index in [4.69, 9.17) is 13.9 Å². The molecule has 0 atom stereocenters. The summed E-state index contributed by atoms with van der Waals surface area (Å²) in [6, 6.07) is 3.44. The highest BCUT2D eigenvalue weighted by Gasteiger charge is 2.28. The third-order valence-corrected chi connectivity index (χ3v) is 3.56. The number of nitrogens with zero attached hydrogens (tertiary/aromatic N) is 2. The molecule has 0 saturated carbocycles. The van der Waals surface area contributed by atoms with Crippen LogP contribution in [0.3, 0.4) is 0 Å². The average Bonchev–Trinajstić information content (AvgIpc) is 2.97. The zero-order valence-corrected chi connectivity index (χ0v) is 10.7. The predicted molar refractivity (Wildman–Crippen MR) is 65.0 cm³/mol. The Bertz CT molecular complexity index is 533. The molecule has 0 saturated heterocycles. The maximum absolute atomic E-state index is 10.9. The normalized spacial score (nSPS) is 11.7. The molecular weight excluding hydrogens is 256 g/mol. The number of carbonyl (C=O) groups is 1. The maximum Gasteiger partial charge on any atom is 0.319 e. The SMILES string of the molecule is CC(C)(SCc1nnc(-c2ccco2)o1)C(=O)O. The van der Waals surface area contributed by atoms with E-state index in [9.17, 15) is 4.79 Å². The number of rotatable bonds is 5. The largest absolute Gasteiger partial charge is 0.480 e. The molecule has 0 bridgehead atoms. The lowest BCUT2D eigenvalue weighted by molar-refractivity contribution is -0.138. The zero-order valence-electron chi connectivity index (χ0n) is 9.91. The molecule has 0 unspecified atom stereocenters. The molecule has 1 N–H and O–H groups in total. The number of carboxylic acid groups (broad SMARTS) is 1. The summed E-state index contributed by atoms with van der Waals surface area (Å²) in [6.45, 7) is 3.26. The van der Waals surface area contributed by atoms with Crippen molar-refractivity contribution in [1.29, 1.82) is 0 Å². The smallest absolute Gasteiger partial charge is 0.319 e. The molecule has 2 rings (SSSR count). The van der Waals surface area contributed by atoms with Crippen LogP contribution in [0.4, 0.5) is 0 Å². The van der Waals surface area contributed by atoms with Crippen LogP contribution in [0.15, 0.2) is 27.2 Å². The number of aliphatic carboxylic acids is 1. The van der Waals surface area contributed by atoms with Gasteiger partial charge in [-0.1, -0.05) is 0 Å². The topological polar surface area (TPSA) is 89.4 Å². The lowest BCUT2D eigenvalue weighted by atomic mass is 10.2. The summed E-state index contributed by atoms with van der Waals surface area (Å²) in [7, 11) is 0. The Balaban J connectivity index is 2.02. The van der Waals surface area contributed by atoms with E-state index < -0.39 is 10.7 Å². The molecule has 6 nitrogen and oxygen atoms in total. The van der Waals surface area contributed by atoms with Gasteiger partial charge in [-0.25, -0.2) is 0 Å². The first-order valence-corrected chi connectivity index (χ1v) is 6.21. The fraction of sp³-hybridized carbons (Fsp3) is 0.364. The molecule has 7 heteroatoms. The van der Waals surface area contributed by atoms with Crippen molar-refractivity contribution in [3.05, 3.63) is 24.3 Å². The van der Waals surface area contributed by atoms with E-state index in [0.29, 0.717) is 23.3 Å². The Kier molecular flexibility index (Phi) is 3.42. The van der Waals surface area contributed by atoms with Gasteiger partial charge in [0.25, 0.3) is 5.89 Å². The van der Waals surface area contributed by atoms with Gasteiger partial charge in [-0.3, -0.25) is 4.79 Å². The summed E-state index contributed by atoms with van der Waals surface area (Å²) in [4.78, 5) is 10.9. The van der Waals surface area contributed by atoms with E-state index in [1.807, 2.05) is 0 Å². The molecule has 0 amide bonds.